The van der Waals surface area contributed by atoms with E-state index in [1.165, 1.54) is 5.56 Å². The monoisotopic (exact) mass is 178 g/mol. The summed E-state index contributed by atoms with van der Waals surface area (Å²) in [6.45, 7) is 0. The van der Waals surface area contributed by atoms with Gasteiger partial charge in [-0.25, -0.2) is 0 Å². The van der Waals surface area contributed by atoms with Gasteiger partial charge in [0.25, 0.3) is 0 Å². The predicted octanol–water partition coefficient (Wildman–Crippen LogP) is 1.93. The number of ether oxygens (including phenoxy) is 1. The Bertz CT molecular complexity index is 290. The van der Waals surface area contributed by atoms with Crippen molar-refractivity contribution in [1.82, 2.24) is 0 Å². The molecule has 0 aromatic heterocycles. The maximum atomic E-state index is 9.17. The zero-order chi connectivity index (χ0) is 9.26. The molecule has 0 saturated heterocycles. The van der Waals surface area contributed by atoms with Gasteiger partial charge < -0.3 is 9.84 Å². The molecule has 1 aliphatic rings. The van der Waals surface area contributed by atoms with Crippen LogP contribution in [0.15, 0.2) is 24.3 Å². The van der Waals surface area contributed by atoms with E-state index < -0.39 is 0 Å². The highest BCUT2D eigenvalue weighted by molar-refractivity contribution is 5.32. The minimum absolute atomic E-state index is 0.0869. The fourth-order valence-electron chi connectivity index (χ4n) is 1.76. The summed E-state index contributed by atoms with van der Waals surface area (Å²) in [4.78, 5) is 0. The molecule has 0 atom stereocenters. The average Bonchev–Trinajstić information content (AvgIpc) is 2.13. The molecule has 0 radical (unpaired) electrons. The zero-order valence-electron chi connectivity index (χ0n) is 7.73. The standard InChI is InChI=1S/C11H14O2/c1-13-11-4-2-3-8(7-11)9-5-10(12)6-9/h2-4,7,9-10,12H,5-6H2,1H3. The lowest BCUT2D eigenvalue weighted by Crippen LogP contribution is -2.26. The van der Waals surface area contributed by atoms with Crippen LogP contribution in [0.5, 0.6) is 5.75 Å². The first-order valence-electron chi connectivity index (χ1n) is 4.61. The van der Waals surface area contributed by atoms with Crippen LogP contribution in [-0.2, 0) is 0 Å². The van der Waals surface area contributed by atoms with Crippen molar-refractivity contribution in [1.29, 1.82) is 0 Å². The molecule has 0 bridgehead atoms. The largest absolute Gasteiger partial charge is 0.497 e. The fourth-order valence-corrected chi connectivity index (χ4v) is 1.76. The molecule has 0 amide bonds. The SMILES string of the molecule is COc1cccc(C2CC(O)C2)c1. The molecule has 1 saturated carbocycles. The summed E-state index contributed by atoms with van der Waals surface area (Å²) in [5.74, 6) is 1.43. The topological polar surface area (TPSA) is 29.5 Å². The van der Waals surface area contributed by atoms with E-state index in [0.29, 0.717) is 5.92 Å². The predicted molar refractivity (Wildman–Crippen MR) is 51.0 cm³/mol. The summed E-state index contributed by atoms with van der Waals surface area (Å²) in [7, 11) is 1.68. The highest BCUT2D eigenvalue weighted by atomic mass is 16.5. The van der Waals surface area contributed by atoms with Gasteiger partial charge in [0, 0.05) is 0 Å². The van der Waals surface area contributed by atoms with Gasteiger partial charge in [0.1, 0.15) is 5.75 Å². The van der Waals surface area contributed by atoms with Crippen LogP contribution in [0.3, 0.4) is 0 Å². The smallest absolute Gasteiger partial charge is 0.119 e. The Morgan fingerprint density at radius 2 is 2.15 bits per heavy atom. The third kappa shape index (κ3) is 1.68. The van der Waals surface area contributed by atoms with Crippen molar-refractivity contribution < 1.29 is 9.84 Å². The van der Waals surface area contributed by atoms with Gasteiger partial charge in [0.15, 0.2) is 0 Å². The Balaban J connectivity index is 2.12. The van der Waals surface area contributed by atoms with Gasteiger partial charge in [-0.3, -0.25) is 0 Å². The molecule has 1 N–H and O–H groups in total. The molecule has 1 fully saturated rings. The highest BCUT2D eigenvalue weighted by Gasteiger charge is 2.28. The summed E-state index contributed by atoms with van der Waals surface area (Å²) in [5.41, 5.74) is 1.28. The normalized spacial score (nSPS) is 26.6. The Morgan fingerprint density at radius 1 is 1.38 bits per heavy atom. The lowest BCUT2D eigenvalue weighted by atomic mass is 9.78. The molecule has 0 spiro atoms. The van der Waals surface area contributed by atoms with E-state index in [0.717, 1.165) is 18.6 Å². The third-order valence-electron chi connectivity index (χ3n) is 2.68. The molecule has 0 heterocycles. The third-order valence-corrected chi connectivity index (χ3v) is 2.68. The minimum atomic E-state index is -0.0869. The van der Waals surface area contributed by atoms with Gasteiger partial charge in [-0.15, -0.1) is 0 Å². The number of aliphatic hydroxyl groups is 1. The van der Waals surface area contributed by atoms with Crippen LogP contribution in [0.2, 0.25) is 0 Å². The molecular weight excluding hydrogens is 164 g/mol. The Morgan fingerprint density at radius 3 is 2.77 bits per heavy atom. The van der Waals surface area contributed by atoms with Gasteiger partial charge in [-0.05, 0) is 36.5 Å². The van der Waals surface area contributed by atoms with Crippen molar-refractivity contribution in [3.63, 3.8) is 0 Å². The summed E-state index contributed by atoms with van der Waals surface area (Å²) in [6, 6.07) is 8.09. The van der Waals surface area contributed by atoms with Crippen molar-refractivity contribution in [3.05, 3.63) is 29.8 Å². The average molecular weight is 178 g/mol. The molecule has 2 rings (SSSR count). The highest BCUT2D eigenvalue weighted by Crippen LogP contribution is 2.37. The van der Waals surface area contributed by atoms with E-state index in [2.05, 4.69) is 12.1 Å². The molecule has 70 valence electrons. The molecule has 0 aliphatic heterocycles. The number of aliphatic hydroxyl groups excluding tert-OH is 1. The van der Waals surface area contributed by atoms with Crippen molar-refractivity contribution in [2.24, 2.45) is 0 Å². The second-order valence-corrected chi connectivity index (χ2v) is 3.60. The number of benzene rings is 1. The molecule has 13 heavy (non-hydrogen) atoms. The summed E-state index contributed by atoms with van der Waals surface area (Å²) >= 11 is 0. The molecule has 2 heteroatoms. The van der Waals surface area contributed by atoms with Crippen LogP contribution in [0, 0.1) is 0 Å². The van der Waals surface area contributed by atoms with E-state index in [4.69, 9.17) is 4.74 Å². The van der Waals surface area contributed by atoms with Crippen LogP contribution < -0.4 is 4.74 Å². The van der Waals surface area contributed by atoms with Gasteiger partial charge in [-0.2, -0.15) is 0 Å². The maximum Gasteiger partial charge on any atom is 0.119 e. The van der Waals surface area contributed by atoms with Crippen molar-refractivity contribution >= 4 is 0 Å². The maximum absolute atomic E-state index is 9.17. The first kappa shape index (κ1) is 8.57. The second kappa shape index (κ2) is 3.38. The Kier molecular flexibility index (Phi) is 2.23. The lowest BCUT2D eigenvalue weighted by molar-refractivity contribution is 0.0746. The first-order valence-corrected chi connectivity index (χ1v) is 4.61. The van der Waals surface area contributed by atoms with Gasteiger partial charge in [-0.1, -0.05) is 12.1 Å². The fraction of sp³-hybridized carbons (Fsp3) is 0.455. The van der Waals surface area contributed by atoms with Crippen molar-refractivity contribution in [2.45, 2.75) is 24.9 Å². The summed E-state index contributed by atoms with van der Waals surface area (Å²) in [6.07, 6.45) is 1.71. The van der Waals surface area contributed by atoms with Crippen molar-refractivity contribution in [2.75, 3.05) is 7.11 Å². The van der Waals surface area contributed by atoms with E-state index in [9.17, 15) is 5.11 Å². The number of hydrogen-bond acceptors (Lipinski definition) is 2. The lowest BCUT2D eigenvalue weighted by Gasteiger charge is -2.31. The zero-order valence-corrected chi connectivity index (χ0v) is 7.73. The summed E-state index contributed by atoms with van der Waals surface area (Å²) < 4.78 is 5.14. The van der Waals surface area contributed by atoms with Gasteiger partial charge >= 0.3 is 0 Å². The van der Waals surface area contributed by atoms with Gasteiger partial charge in [0.05, 0.1) is 13.2 Å². The molecule has 2 nitrogen and oxygen atoms in total. The van der Waals surface area contributed by atoms with Crippen LogP contribution in [0.4, 0.5) is 0 Å². The Hall–Kier alpha value is -1.02. The van der Waals surface area contributed by atoms with Crippen LogP contribution in [-0.4, -0.2) is 18.3 Å². The first-order chi connectivity index (χ1) is 6.29. The minimum Gasteiger partial charge on any atom is -0.497 e. The second-order valence-electron chi connectivity index (χ2n) is 3.60. The number of rotatable bonds is 2. The van der Waals surface area contributed by atoms with Crippen molar-refractivity contribution in [3.8, 4) is 5.75 Å². The Labute approximate surface area is 78.2 Å². The molecule has 1 aromatic carbocycles. The molecule has 1 aromatic rings. The van der Waals surface area contributed by atoms with E-state index in [-0.39, 0.29) is 6.10 Å². The molecule has 1 aliphatic carbocycles. The van der Waals surface area contributed by atoms with Crippen LogP contribution >= 0.6 is 0 Å². The van der Waals surface area contributed by atoms with Crippen LogP contribution in [0.1, 0.15) is 24.3 Å². The van der Waals surface area contributed by atoms with E-state index >= 15 is 0 Å². The van der Waals surface area contributed by atoms with E-state index in [1.807, 2.05) is 12.1 Å². The molecule has 0 unspecified atom stereocenters. The molecular formula is C11H14O2. The number of hydrogen-bond donors (Lipinski definition) is 1. The quantitative estimate of drug-likeness (QED) is 0.749. The van der Waals surface area contributed by atoms with Crippen LogP contribution in [0.25, 0.3) is 0 Å². The number of methoxy groups -OCH3 is 1. The van der Waals surface area contributed by atoms with Gasteiger partial charge in [0.2, 0.25) is 0 Å². The summed E-state index contributed by atoms with van der Waals surface area (Å²) in [5, 5.41) is 9.17. The van der Waals surface area contributed by atoms with E-state index in [1.54, 1.807) is 7.11 Å².